The van der Waals surface area contributed by atoms with E-state index in [0.717, 1.165) is 6.42 Å². The minimum absolute atomic E-state index is 0.0958. The number of aryl methyl sites for hydroxylation is 1. The number of amides is 1. The van der Waals surface area contributed by atoms with Crippen LogP contribution >= 0.6 is 11.6 Å². The molecule has 0 spiro atoms. The Labute approximate surface area is 138 Å². The summed E-state index contributed by atoms with van der Waals surface area (Å²) >= 11 is 6.04. The number of carbonyl (C=O) groups excluding carboxylic acids is 1. The number of likely N-dealkylation sites (tertiary alicyclic amines) is 1. The normalized spacial score (nSPS) is 17.3. The Morgan fingerprint density at radius 3 is 3.04 bits per heavy atom. The molecule has 2 aromatic rings. The van der Waals surface area contributed by atoms with Crippen molar-refractivity contribution in [2.75, 3.05) is 20.2 Å². The second kappa shape index (κ2) is 6.45. The van der Waals surface area contributed by atoms with E-state index in [1.54, 1.807) is 35.1 Å². The van der Waals surface area contributed by atoms with E-state index in [4.69, 9.17) is 21.1 Å². The lowest BCUT2D eigenvalue weighted by Crippen LogP contribution is -2.31. The topological polar surface area (TPSA) is 69.5 Å². The maximum absolute atomic E-state index is 12.6. The fourth-order valence-electron chi connectivity index (χ4n) is 2.58. The van der Waals surface area contributed by atoms with Gasteiger partial charge in [0.1, 0.15) is 22.4 Å². The first kappa shape index (κ1) is 15.6. The Bertz CT molecular complexity index is 718. The molecule has 0 aliphatic carbocycles. The Kier molecular flexibility index (Phi) is 4.38. The Balaban J connectivity index is 1.67. The maximum Gasteiger partial charge on any atom is 0.261 e. The van der Waals surface area contributed by atoms with Crippen molar-refractivity contribution in [1.29, 1.82) is 0 Å². The van der Waals surface area contributed by atoms with Gasteiger partial charge in [0.05, 0.1) is 13.7 Å². The molecule has 1 amide bonds. The van der Waals surface area contributed by atoms with E-state index in [1.807, 2.05) is 0 Å². The molecule has 1 fully saturated rings. The highest BCUT2D eigenvalue weighted by atomic mass is 35.5. The number of carbonyl (C=O) groups is 1. The first-order valence-corrected chi connectivity index (χ1v) is 7.59. The summed E-state index contributed by atoms with van der Waals surface area (Å²) in [6.07, 6.45) is 5.47. The number of aromatic nitrogens is 3. The number of halogens is 1. The van der Waals surface area contributed by atoms with E-state index in [1.165, 1.54) is 13.3 Å². The van der Waals surface area contributed by atoms with Gasteiger partial charge in [-0.05, 0) is 0 Å². The monoisotopic (exact) mass is 336 g/mol. The van der Waals surface area contributed by atoms with Crippen LogP contribution < -0.4 is 9.47 Å². The summed E-state index contributed by atoms with van der Waals surface area (Å²) in [6.45, 7) is 1.11. The molecular formula is C15H17ClN4O3. The van der Waals surface area contributed by atoms with E-state index in [0.29, 0.717) is 35.3 Å². The summed E-state index contributed by atoms with van der Waals surface area (Å²) in [6, 6.07) is 1.72. The van der Waals surface area contributed by atoms with Crippen molar-refractivity contribution in [3.8, 4) is 11.6 Å². The second-order valence-electron chi connectivity index (χ2n) is 5.31. The lowest BCUT2D eigenvalue weighted by molar-refractivity contribution is 0.0769. The van der Waals surface area contributed by atoms with Crippen LogP contribution in [0.2, 0.25) is 5.02 Å². The summed E-state index contributed by atoms with van der Waals surface area (Å²) in [5, 5.41) is 4.58. The number of methoxy groups -OCH3 is 1. The van der Waals surface area contributed by atoms with Gasteiger partial charge in [0.25, 0.3) is 5.91 Å². The average molecular weight is 337 g/mol. The van der Waals surface area contributed by atoms with Crippen molar-refractivity contribution in [1.82, 2.24) is 19.7 Å². The quantitative estimate of drug-likeness (QED) is 0.851. The highest BCUT2D eigenvalue weighted by molar-refractivity contribution is 6.31. The van der Waals surface area contributed by atoms with E-state index < -0.39 is 0 Å². The molecule has 0 unspecified atom stereocenters. The largest absolute Gasteiger partial charge is 0.487 e. The van der Waals surface area contributed by atoms with E-state index in [-0.39, 0.29) is 12.0 Å². The van der Waals surface area contributed by atoms with Gasteiger partial charge < -0.3 is 14.4 Å². The summed E-state index contributed by atoms with van der Waals surface area (Å²) in [5.41, 5.74) is 0.456. The van der Waals surface area contributed by atoms with Crippen LogP contribution in [0.25, 0.3) is 0 Å². The molecule has 1 aliphatic rings. The van der Waals surface area contributed by atoms with Crippen molar-refractivity contribution in [2.45, 2.75) is 12.5 Å². The van der Waals surface area contributed by atoms with Crippen LogP contribution in [0.4, 0.5) is 0 Å². The fourth-order valence-corrected chi connectivity index (χ4v) is 2.75. The smallest absolute Gasteiger partial charge is 0.261 e. The predicted octanol–water partition coefficient (Wildman–Crippen LogP) is 1.77. The zero-order valence-corrected chi connectivity index (χ0v) is 13.7. The van der Waals surface area contributed by atoms with Crippen molar-refractivity contribution in [3.05, 3.63) is 35.2 Å². The molecule has 0 aromatic carbocycles. The lowest BCUT2D eigenvalue weighted by Gasteiger charge is -2.17. The van der Waals surface area contributed by atoms with Gasteiger partial charge in [-0.3, -0.25) is 14.5 Å². The summed E-state index contributed by atoms with van der Waals surface area (Å²) < 4.78 is 12.6. The van der Waals surface area contributed by atoms with E-state index >= 15 is 0 Å². The minimum atomic E-state index is -0.109. The molecule has 0 N–H and O–H groups in total. The second-order valence-corrected chi connectivity index (χ2v) is 5.72. The SMILES string of the molecule is COc1nn(C)cc1C(=O)N1CC[C@H](Oc2ccncc2Cl)C1. The third kappa shape index (κ3) is 3.24. The fraction of sp³-hybridized carbons (Fsp3) is 0.400. The molecule has 1 saturated heterocycles. The number of ether oxygens (including phenoxy) is 2. The summed E-state index contributed by atoms with van der Waals surface area (Å²) in [7, 11) is 3.25. The van der Waals surface area contributed by atoms with Crippen LogP contribution in [-0.2, 0) is 7.05 Å². The molecule has 3 heterocycles. The van der Waals surface area contributed by atoms with Gasteiger partial charge in [-0.1, -0.05) is 11.6 Å². The van der Waals surface area contributed by atoms with Crippen LogP contribution in [0, 0.1) is 0 Å². The zero-order valence-electron chi connectivity index (χ0n) is 12.9. The minimum Gasteiger partial charge on any atom is -0.487 e. The predicted molar refractivity (Wildman–Crippen MR) is 83.9 cm³/mol. The van der Waals surface area contributed by atoms with Crippen LogP contribution in [0.3, 0.4) is 0 Å². The highest BCUT2D eigenvalue weighted by Gasteiger charge is 2.31. The molecule has 122 valence electrons. The first-order valence-electron chi connectivity index (χ1n) is 7.21. The third-order valence-electron chi connectivity index (χ3n) is 3.68. The van der Waals surface area contributed by atoms with Crippen LogP contribution in [-0.4, -0.2) is 51.9 Å². The Hall–Kier alpha value is -2.28. The highest BCUT2D eigenvalue weighted by Crippen LogP contribution is 2.27. The van der Waals surface area contributed by atoms with Gasteiger partial charge in [0, 0.05) is 44.7 Å². The van der Waals surface area contributed by atoms with Crippen LogP contribution in [0.15, 0.2) is 24.7 Å². The average Bonchev–Trinajstić information content (AvgIpc) is 3.15. The van der Waals surface area contributed by atoms with Crippen molar-refractivity contribution in [3.63, 3.8) is 0 Å². The Morgan fingerprint density at radius 1 is 1.48 bits per heavy atom. The van der Waals surface area contributed by atoms with Gasteiger partial charge in [-0.2, -0.15) is 0 Å². The molecule has 1 aliphatic heterocycles. The molecule has 0 bridgehead atoms. The van der Waals surface area contributed by atoms with Crippen LogP contribution in [0.5, 0.6) is 11.6 Å². The standard InChI is InChI=1S/C15H17ClN4O3/c1-19-9-11(14(18-19)22-2)15(21)20-6-4-10(8-20)23-13-3-5-17-7-12(13)16/h3,5,7,9-10H,4,6,8H2,1-2H3/t10-/m0/s1. The molecule has 2 aromatic heterocycles. The van der Waals surface area contributed by atoms with Crippen molar-refractivity contribution >= 4 is 17.5 Å². The number of nitrogens with zero attached hydrogens (tertiary/aromatic N) is 4. The Morgan fingerprint density at radius 2 is 2.30 bits per heavy atom. The van der Waals surface area contributed by atoms with E-state index in [2.05, 4.69) is 10.1 Å². The zero-order chi connectivity index (χ0) is 16.4. The molecule has 8 heteroatoms. The first-order chi connectivity index (χ1) is 11.1. The number of hydrogen-bond acceptors (Lipinski definition) is 5. The van der Waals surface area contributed by atoms with Crippen molar-refractivity contribution < 1.29 is 14.3 Å². The van der Waals surface area contributed by atoms with Gasteiger partial charge in [0.2, 0.25) is 5.88 Å². The summed E-state index contributed by atoms with van der Waals surface area (Å²) in [4.78, 5) is 18.3. The molecule has 0 saturated carbocycles. The lowest BCUT2D eigenvalue weighted by atomic mass is 10.3. The van der Waals surface area contributed by atoms with Gasteiger partial charge in [-0.15, -0.1) is 5.10 Å². The van der Waals surface area contributed by atoms with E-state index in [9.17, 15) is 4.79 Å². The van der Waals surface area contributed by atoms with Crippen molar-refractivity contribution in [2.24, 2.45) is 7.05 Å². The molecule has 3 rings (SSSR count). The van der Waals surface area contributed by atoms with Crippen LogP contribution in [0.1, 0.15) is 16.8 Å². The van der Waals surface area contributed by atoms with Gasteiger partial charge in [0.15, 0.2) is 0 Å². The maximum atomic E-state index is 12.6. The molecule has 7 nitrogen and oxygen atoms in total. The molecule has 1 atom stereocenters. The number of rotatable bonds is 4. The van der Waals surface area contributed by atoms with Gasteiger partial charge in [-0.25, -0.2) is 0 Å². The van der Waals surface area contributed by atoms with Gasteiger partial charge >= 0.3 is 0 Å². The number of hydrogen-bond donors (Lipinski definition) is 0. The third-order valence-corrected chi connectivity index (χ3v) is 3.96. The number of pyridine rings is 1. The summed E-state index contributed by atoms with van der Waals surface area (Å²) in [5.74, 6) is 0.806. The molecule has 0 radical (unpaired) electrons. The molecular weight excluding hydrogens is 320 g/mol. The molecule has 23 heavy (non-hydrogen) atoms.